The number of hydrogen-bond acceptors (Lipinski definition) is 4. The van der Waals surface area contributed by atoms with Crippen molar-refractivity contribution in [3.05, 3.63) is 77.1 Å². The van der Waals surface area contributed by atoms with Gasteiger partial charge in [-0.2, -0.15) is 8.78 Å². The lowest BCUT2D eigenvalue weighted by atomic mass is 9.98. The maximum absolute atomic E-state index is 15.2. The van der Waals surface area contributed by atoms with Crippen molar-refractivity contribution in [3.8, 4) is 5.75 Å². The smallest absolute Gasteiger partial charge is 0.387 e. The zero-order valence-corrected chi connectivity index (χ0v) is 20.6. The van der Waals surface area contributed by atoms with Crippen LogP contribution >= 0.6 is 0 Å². The third-order valence-corrected chi connectivity index (χ3v) is 6.60. The number of hydrogen-bond donors (Lipinski definition) is 0. The minimum Gasteiger partial charge on any atom is -0.435 e. The van der Waals surface area contributed by atoms with Crippen LogP contribution in [0.4, 0.5) is 13.2 Å². The van der Waals surface area contributed by atoms with Gasteiger partial charge in [0.05, 0.1) is 13.2 Å². The summed E-state index contributed by atoms with van der Waals surface area (Å²) in [5, 5.41) is 1.46. The first-order valence-corrected chi connectivity index (χ1v) is 12.5. The van der Waals surface area contributed by atoms with Crippen LogP contribution < -0.4 is 4.74 Å². The Balaban J connectivity index is 1.29. The Bertz CT molecular complexity index is 1100. The summed E-state index contributed by atoms with van der Waals surface area (Å²) >= 11 is 0. The number of aryl methyl sites for hydroxylation is 3. The molecule has 3 aromatic rings. The van der Waals surface area contributed by atoms with Crippen molar-refractivity contribution in [1.29, 1.82) is 0 Å². The first-order chi connectivity index (χ1) is 17.5. The predicted octanol–water partition coefficient (Wildman–Crippen LogP) is 6.71. The molecule has 4 nitrogen and oxygen atoms in total. The zero-order chi connectivity index (χ0) is 25.3. The summed E-state index contributed by atoms with van der Waals surface area (Å²) in [7, 11) is 1.71. The summed E-state index contributed by atoms with van der Waals surface area (Å²) in [5.41, 5.74) is 2.68. The Kier molecular flexibility index (Phi) is 9.61. The van der Waals surface area contributed by atoms with Gasteiger partial charge in [0.1, 0.15) is 11.6 Å². The van der Waals surface area contributed by atoms with Gasteiger partial charge in [0.2, 0.25) is 0 Å². The lowest BCUT2D eigenvalue weighted by molar-refractivity contribution is -0.203. The molecule has 0 bridgehead atoms. The highest BCUT2D eigenvalue weighted by Gasteiger charge is 2.22. The van der Waals surface area contributed by atoms with Crippen molar-refractivity contribution in [2.24, 2.45) is 5.92 Å². The van der Waals surface area contributed by atoms with Crippen molar-refractivity contribution in [3.63, 3.8) is 0 Å². The molecule has 0 saturated carbocycles. The molecule has 0 N–H and O–H groups in total. The first-order valence-electron chi connectivity index (χ1n) is 12.5. The van der Waals surface area contributed by atoms with Crippen LogP contribution in [0.2, 0.25) is 0 Å². The zero-order valence-electron chi connectivity index (χ0n) is 20.6. The molecule has 0 atom stereocenters. The topological polar surface area (TPSA) is 36.9 Å². The van der Waals surface area contributed by atoms with Crippen molar-refractivity contribution < 1.29 is 32.1 Å². The normalized spacial score (nSPS) is 18.1. The number of methoxy groups -OCH3 is 1. The molecule has 1 aliphatic rings. The highest BCUT2D eigenvalue weighted by Crippen LogP contribution is 2.26. The van der Waals surface area contributed by atoms with Crippen LogP contribution in [0, 0.1) is 11.7 Å². The first kappa shape index (κ1) is 26.5. The van der Waals surface area contributed by atoms with Crippen molar-refractivity contribution in [2.75, 3.05) is 26.9 Å². The summed E-state index contributed by atoms with van der Waals surface area (Å²) in [6, 6.07) is 16.1. The predicted molar refractivity (Wildman–Crippen MR) is 133 cm³/mol. The highest BCUT2D eigenvalue weighted by molar-refractivity contribution is 5.84. The van der Waals surface area contributed by atoms with Crippen molar-refractivity contribution >= 4 is 10.8 Å². The van der Waals surface area contributed by atoms with E-state index in [1.165, 1.54) is 12.1 Å². The fourth-order valence-corrected chi connectivity index (χ4v) is 4.57. The fourth-order valence-electron chi connectivity index (χ4n) is 4.57. The molecule has 0 spiro atoms. The molecular weight excluding hydrogens is 469 g/mol. The monoisotopic (exact) mass is 502 g/mol. The molecule has 194 valence electrons. The lowest BCUT2D eigenvalue weighted by Crippen LogP contribution is -2.32. The van der Waals surface area contributed by atoms with Crippen LogP contribution in [0.3, 0.4) is 0 Å². The van der Waals surface area contributed by atoms with Gasteiger partial charge >= 0.3 is 6.61 Å². The third-order valence-electron chi connectivity index (χ3n) is 6.60. The van der Waals surface area contributed by atoms with Crippen LogP contribution in [0.15, 0.2) is 54.6 Å². The Hall–Kier alpha value is -2.61. The summed E-state index contributed by atoms with van der Waals surface area (Å²) in [5.74, 6) is 0.327. The van der Waals surface area contributed by atoms with Crippen molar-refractivity contribution in [2.45, 2.75) is 51.4 Å². The van der Waals surface area contributed by atoms with E-state index < -0.39 is 6.61 Å². The van der Waals surface area contributed by atoms with E-state index in [0.29, 0.717) is 42.9 Å². The van der Waals surface area contributed by atoms with Crippen LogP contribution in [0.1, 0.15) is 36.0 Å². The molecule has 0 unspecified atom stereocenters. The van der Waals surface area contributed by atoms with Gasteiger partial charge in [0.25, 0.3) is 0 Å². The molecule has 36 heavy (non-hydrogen) atoms. The summed E-state index contributed by atoms with van der Waals surface area (Å²) in [4.78, 5) is 0. The summed E-state index contributed by atoms with van der Waals surface area (Å²) < 4.78 is 61.0. The third kappa shape index (κ3) is 7.45. The van der Waals surface area contributed by atoms with E-state index in [1.54, 1.807) is 19.2 Å². The summed E-state index contributed by atoms with van der Waals surface area (Å²) in [6.45, 7) is -0.651. The van der Waals surface area contributed by atoms with E-state index in [2.05, 4.69) is 4.74 Å². The average Bonchev–Trinajstić information content (AvgIpc) is 2.88. The number of ether oxygens (including phenoxy) is 4. The molecule has 1 heterocycles. The molecule has 7 heteroatoms. The van der Waals surface area contributed by atoms with Gasteiger partial charge in [-0.05, 0) is 66.3 Å². The molecule has 3 aromatic carbocycles. The minimum absolute atomic E-state index is 0.116. The highest BCUT2D eigenvalue weighted by atomic mass is 19.3. The van der Waals surface area contributed by atoms with Crippen LogP contribution in [-0.2, 0) is 33.5 Å². The molecule has 1 fully saturated rings. The van der Waals surface area contributed by atoms with Gasteiger partial charge in [0, 0.05) is 31.4 Å². The Morgan fingerprint density at radius 1 is 0.889 bits per heavy atom. The molecule has 1 saturated heterocycles. The molecule has 1 aliphatic heterocycles. The number of alkyl halides is 2. The molecule has 0 radical (unpaired) electrons. The van der Waals surface area contributed by atoms with E-state index in [4.69, 9.17) is 14.2 Å². The lowest BCUT2D eigenvalue weighted by Gasteiger charge is -2.29. The van der Waals surface area contributed by atoms with Gasteiger partial charge in [-0.3, -0.25) is 0 Å². The standard InChI is InChI=1S/C29H33F3O4/c1-33-16-2-3-22-18-34-27(35-19-22)15-8-21-7-14-26-24(17-21)11-10-23(28(26)30)9-4-20-5-12-25(13-6-20)36-29(31)32/h5-7,10-14,17,22,27,29H,2-4,8-9,15-16,18-19H2,1H3. The minimum atomic E-state index is -2.85. The summed E-state index contributed by atoms with van der Waals surface area (Å²) in [6.07, 6.45) is 4.53. The van der Waals surface area contributed by atoms with Gasteiger partial charge in [-0.25, -0.2) is 4.39 Å². The second-order valence-electron chi connectivity index (χ2n) is 9.25. The maximum Gasteiger partial charge on any atom is 0.387 e. The molecule has 0 aliphatic carbocycles. The Morgan fingerprint density at radius 2 is 1.64 bits per heavy atom. The van der Waals surface area contributed by atoms with Gasteiger partial charge < -0.3 is 18.9 Å². The van der Waals surface area contributed by atoms with E-state index in [0.717, 1.165) is 48.8 Å². The maximum atomic E-state index is 15.2. The molecular formula is C29H33F3O4. The van der Waals surface area contributed by atoms with Crippen molar-refractivity contribution in [1.82, 2.24) is 0 Å². The van der Waals surface area contributed by atoms with Gasteiger partial charge in [-0.15, -0.1) is 0 Å². The van der Waals surface area contributed by atoms with E-state index >= 15 is 4.39 Å². The van der Waals surface area contributed by atoms with Crippen LogP contribution in [-0.4, -0.2) is 39.8 Å². The Morgan fingerprint density at radius 3 is 2.36 bits per heavy atom. The van der Waals surface area contributed by atoms with Crippen LogP contribution in [0.25, 0.3) is 10.8 Å². The van der Waals surface area contributed by atoms with Gasteiger partial charge in [0.15, 0.2) is 6.29 Å². The average molecular weight is 503 g/mol. The van der Waals surface area contributed by atoms with E-state index in [1.807, 2.05) is 30.3 Å². The van der Waals surface area contributed by atoms with E-state index in [-0.39, 0.29) is 17.9 Å². The SMILES string of the molecule is COCCCC1COC(CCc2ccc3c(F)c(CCc4ccc(OC(F)F)cc4)ccc3c2)OC1. The fraction of sp³-hybridized carbons (Fsp3) is 0.448. The number of fused-ring (bicyclic) bond motifs is 1. The second kappa shape index (κ2) is 13.1. The number of halogens is 3. The number of rotatable bonds is 12. The van der Waals surface area contributed by atoms with Crippen LogP contribution in [0.5, 0.6) is 5.75 Å². The number of benzene rings is 3. The second-order valence-corrected chi connectivity index (χ2v) is 9.25. The van der Waals surface area contributed by atoms with Gasteiger partial charge in [-0.1, -0.05) is 42.5 Å². The van der Waals surface area contributed by atoms with E-state index in [9.17, 15) is 8.78 Å². The Labute approximate surface area is 210 Å². The molecule has 0 aromatic heterocycles. The molecule has 4 rings (SSSR count). The largest absolute Gasteiger partial charge is 0.435 e. The molecule has 0 amide bonds. The quantitative estimate of drug-likeness (QED) is 0.258.